The number of ether oxygens (including phenoxy) is 1. The zero-order valence-corrected chi connectivity index (χ0v) is 18.9. The first-order valence-electron chi connectivity index (χ1n) is 9.37. The monoisotopic (exact) mass is 447 g/mol. The molecular formula is C19H30ClN3O5S. The third kappa shape index (κ3) is 9.12. The van der Waals surface area contributed by atoms with Gasteiger partial charge in [-0.05, 0) is 38.0 Å². The fourth-order valence-corrected chi connectivity index (χ4v) is 2.92. The maximum Gasteiger partial charge on any atom is 0.242 e. The fourth-order valence-electron chi connectivity index (χ4n) is 2.45. The Bertz CT molecular complexity index is 771. The second-order valence-corrected chi connectivity index (χ2v) is 9.21. The molecule has 0 aliphatic heterocycles. The molecule has 0 aliphatic carbocycles. The number of hydrogen-bond acceptors (Lipinski definition) is 5. The molecule has 2 amide bonds. The molecule has 0 fully saturated rings. The highest BCUT2D eigenvalue weighted by atomic mass is 35.5. The van der Waals surface area contributed by atoms with E-state index in [4.69, 9.17) is 16.3 Å². The van der Waals surface area contributed by atoms with Crippen molar-refractivity contribution in [3.05, 3.63) is 34.9 Å². The van der Waals surface area contributed by atoms with Gasteiger partial charge in [-0.25, -0.2) is 8.42 Å². The van der Waals surface area contributed by atoms with Crippen LogP contribution in [0.5, 0.6) is 0 Å². The van der Waals surface area contributed by atoms with E-state index in [-0.39, 0.29) is 19.0 Å². The normalized spacial score (nSPS) is 12.6. The number of likely N-dealkylation sites (N-methyl/N-ethyl adjacent to an activating group) is 1. The SMILES string of the molecule is CCOCCCNC(=O)C(C)N(Cc1ccc(Cl)cc1)C(=O)CN(C)S(C)(=O)=O. The van der Waals surface area contributed by atoms with Crippen molar-refractivity contribution in [2.45, 2.75) is 32.9 Å². The van der Waals surface area contributed by atoms with Crippen LogP contribution in [0.4, 0.5) is 0 Å². The largest absolute Gasteiger partial charge is 0.382 e. The first-order valence-corrected chi connectivity index (χ1v) is 11.6. The number of nitrogens with one attached hydrogen (secondary N) is 1. The van der Waals surface area contributed by atoms with Crippen LogP contribution < -0.4 is 5.32 Å². The van der Waals surface area contributed by atoms with Crippen LogP contribution in [0.25, 0.3) is 0 Å². The van der Waals surface area contributed by atoms with Crippen LogP contribution in [-0.4, -0.2) is 75.1 Å². The number of carbonyl (C=O) groups excluding carboxylic acids is 2. The lowest BCUT2D eigenvalue weighted by molar-refractivity contribution is -0.140. The number of sulfonamides is 1. The van der Waals surface area contributed by atoms with Crippen molar-refractivity contribution in [2.24, 2.45) is 0 Å². The van der Waals surface area contributed by atoms with E-state index in [9.17, 15) is 18.0 Å². The van der Waals surface area contributed by atoms with Gasteiger partial charge in [0.2, 0.25) is 21.8 Å². The second-order valence-electron chi connectivity index (χ2n) is 6.68. The Morgan fingerprint density at radius 3 is 2.41 bits per heavy atom. The van der Waals surface area contributed by atoms with Gasteiger partial charge >= 0.3 is 0 Å². The number of hydrogen-bond donors (Lipinski definition) is 1. The van der Waals surface area contributed by atoms with E-state index >= 15 is 0 Å². The average molecular weight is 448 g/mol. The molecule has 0 aliphatic rings. The Hall–Kier alpha value is -1.68. The smallest absolute Gasteiger partial charge is 0.242 e. The van der Waals surface area contributed by atoms with E-state index < -0.39 is 22.0 Å². The third-order valence-electron chi connectivity index (χ3n) is 4.33. The van der Waals surface area contributed by atoms with Gasteiger partial charge in [0.1, 0.15) is 6.04 Å². The third-order valence-corrected chi connectivity index (χ3v) is 5.84. The molecule has 8 nitrogen and oxygen atoms in total. The highest BCUT2D eigenvalue weighted by Crippen LogP contribution is 2.14. The molecule has 0 radical (unpaired) electrons. The van der Waals surface area contributed by atoms with Gasteiger partial charge in [-0.1, -0.05) is 23.7 Å². The molecule has 0 bridgehead atoms. The van der Waals surface area contributed by atoms with Crippen molar-refractivity contribution >= 4 is 33.4 Å². The van der Waals surface area contributed by atoms with Crippen molar-refractivity contribution in [1.29, 1.82) is 0 Å². The topological polar surface area (TPSA) is 96.0 Å². The molecule has 0 aromatic heterocycles. The van der Waals surface area contributed by atoms with Gasteiger partial charge in [0.05, 0.1) is 12.8 Å². The molecule has 0 saturated carbocycles. The van der Waals surface area contributed by atoms with Gasteiger partial charge in [-0.2, -0.15) is 4.31 Å². The van der Waals surface area contributed by atoms with Gasteiger partial charge in [0.15, 0.2) is 0 Å². The number of nitrogens with zero attached hydrogens (tertiary/aromatic N) is 2. The Kier molecular flexibility index (Phi) is 10.6. The van der Waals surface area contributed by atoms with Gasteiger partial charge in [-0.15, -0.1) is 0 Å². The molecule has 29 heavy (non-hydrogen) atoms. The van der Waals surface area contributed by atoms with Crippen molar-refractivity contribution in [2.75, 3.05) is 39.6 Å². The van der Waals surface area contributed by atoms with E-state index in [0.29, 0.717) is 31.2 Å². The maximum absolute atomic E-state index is 12.8. The van der Waals surface area contributed by atoms with Crippen molar-refractivity contribution in [1.82, 2.24) is 14.5 Å². The highest BCUT2D eigenvalue weighted by Gasteiger charge is 2.28. The Morgan fingerprint density at radius 2 is 1.86 bits per heavy atom. The van der Waals surface area contributed by atoms with Crippen LogP contribution in [0.2, 0.25) is 5.02 Å². The number of halogens is 1. The number of carbonyl (C=O) groups is 2. The van der Waals surface area contributed by atoms with Crippen molar-refractivity contribution < 1.29 is 22.7 Å². The minimum absolute atomic E-state index is 0.154. The molecule has 1 N–H and O–H groups in total. The van der Waals surface area contributed by atoms with Crippen LogP contribution in [0, 0.1) is 0 Å². The summed E-state index contributed by atoms with van der Waals surface area (Å²) in [6, 6.07) is 6.13. The van der Waals surface area contributed by atoms with Crippen LogP contribution >= 0.6 is 11.6 Å². The van der Waals surface area contributed by atoms with Crippen molar-refractivity contribution in [3.8, 4) is 0 Å². The van der Waals surface area contributed by atoms with Crippen LogP contribution in [-0.2, 0) is 30.9 Å². The molecule has 0 saturated heterocycles. The van der Waals surface area contributed by atoms with Gasteiger partial charge < -0.3 is 15.0 Å². The maximum atomic E-state index is 12.8. The summed E-state index contributed by atoms with van der Waals surface area (Å²) in [6.45, 7) is 4.89. The Morgan fingerprint density at radius 1 is 1.24 bits per heavy atom. The predicted molar refractivity (Wildman–Crippen MR) is 113 cm³/mol. The lowest BCUT2D eigenvalue weighted by atomic mass is 10.1. The summed E-state index contributed by atoms with van der Waals surface area (Å²) in [5, 5.41) is 3.35. The minimum Gasteiger partial charge on any atom is -0.382 e. The van der Waals surface area contributed by atoms with E-state index in [1.54, 1.807) is 31.2 Å². The summed E-state index contributed by atoms with van der Waals surface area (Å²) < 4.78 is 29.5. The molecular weight excluding hydrogens is 418 g/mol. The van der Waals surface area contributed by atoms with Gasteiger partial charge in [-0.3, -0.25) is 9.59 Å². The standard InChI is InChI=1S/C19H30ClN3O5S/c1-5-28-12-6-11-21-19(25)15(2)23(13-16-7-9-17(20)10-8-16)18(24)14-22(3)29(4,26)27/h7-10,15H,5-6,11-14H2,1-4H3,(H,21,25). The highest BCUT2D eigenvalue weighted by molar-refractivity contribution is 7.88. The average Bonchev–Trinajstić information content (AvgIpc) is 2.65. The zero-order valence-electron chi connectivity index (χ0n) is 17.4. The molecule has 1 aromatic carbocycles. The predicted octanol–water partition coefficient (Wildman–Crippen LogP) is 1.49. The Labute approximate surface area is 178 Å². The molecule has 164 valence electrons. The van der Waals surface area contributed by atoms with Gasteiger partial charge in [0, 0.05) is 38.4 Å². The van der Waals surface area contributed by atoms with Crippen LogP contribution in [0.15, 0.2) is 24.3 Å². The van der Waals surface area contributed by atoms with E-state index in [1.807, 2.05) is 6.92 Å². The fraction of sp³-hybridized carbons (Fsp3) is 0.579. The molecule has 1 atom stereocenters. The minimum atomic E-state index is -3.52. The zero-order chi connectivity index (χ0) is 22.0. The van der Waals surface area contributed by atoms with Crippen molar-refractivity contribution in [3.63, 3.8) is 0 Å². The molecule has 1 unspecified atom stereocenters. The number of rotatable bonds is 12. The summed E-state index contributed by atoms with van der Waals surface area (Å²) in [6.07, 6.45) is 1.69. The van der Waals surface area contributed by atoms with E-state index in [1.165, 1.54) is 11.9 Å². The second kappa shape index (κ2) is 12.1. The molecule has 0 spiro atoms. The quantitative estimate of drug-likeness (QED) is 0.490. The summed E-state index contributed by atoms with van der Waals surface area (Å²) >= 11 is 5.91. The summed E-state index contributed by atoms with van der Waals surface area (Å²) in [7, 11) is -2.20. The first-order chi connectivity index (χ1) is 13.6. The van der Waals surface area contributed by atoms with E-state index in [2.05, 4.69) is 5.32 Å². The lowest BCUT2D eigenvalue weighted by Gasteiger charge is -2.30. The van der Waals surface area contributed by atoms with E-state index in [0.717, 1.165) is 16.1 Å². The molecule has 1 rings (SSSR count). The summed E-state index contributed by atoms with van der Waals surface area (Å²) in [4.78, 5) is 26.7. The lowest BCUT2D eigenvalue weighted by Crippen LogP contribution is -2.50. The first kappa shape index (κ1) is 25.4. The number of benzene rings is 1. The molecule has 10 heteroatoms. The molecule has 1 aromatic rings. The summed E-state index contributed by atoms with van der Waals surface area (Å²) in [5.41, 5.74) is 0.778. The van der Waals surface area contributed by atoms with Crippen LogP contribution in [0.1, 0.15) is 25.8 Å². The summed E-state index contributed by atoms with van der Waals surface area (Å²) in [5.74, 6) is -0.782. The Balaban J connectivity index is 2.88. The number of amides is 2. The van der Waals surface area contributed by atoms with Gasteiger partial charge in [0.25, 0.3) is 0 Å². The van der Waals surface area contributed by atoms with Crippen LogP contribution in [0.3, 0.4) is 0 Å². The molecule has 0 heterocycles.